The summed E-state index contributed by atoms with van der Waals surface area (Å²) in [4.78, 5) is 25.1. The third kappa shape index (κ3) is 9.05. The van der Waals surface area contributed by atoms with Crippen LogP contribution in [0.4, 0.5) is 0 Å². The van der Waals surface area contributed by atoms with Gasteiger partial charge in [0, 0.05) is 0 Å². The van der Waals surface area contributed by atoms with Gasteiger partial charge in [-0.05, 0) is 90.0 Å². The van der Waals surface area contributed by atoms with Crippen LogP contribution in [0.5, 0.6) is 46.0 Å². The quantitative estimate of drug-likeness (QED) is 0.123. The lowest BCUT2D eigenvalue weighted by atomic mass is 10.0. The van der Waals surface area contributed by atoms with Crippen molar-refractivity contribution in [2.24, 2.45) is 0 Å². The lowest BCUT2D eigenvalue weighted by Gasteiger charge is -2.27. The average molecular weight is 677 g/mol. The van der Waals surface area contributed by atoms with Crippen LogP contribution < -0.4 is 23.7 Å². The number of esters is 2. The van der Waals surface area contributed by atoms with Gasteiger partial charge in [0.05, 0.1) is 39.6 Å². The molecule has 0 fully saturated rings. The maximum atomic E-state index is 12.9. The summed E-state index contributed by atoms with van der Waals surface area (Å²) in [6.45, 7) is -0.518. The highest BCUT2D eigenvalue weighted by Gasteiger charge is 2.30. The first-order valence-electron chi connectivity index (χ1n) is 14.7. The van der Waals surface area contributed by atoms with Crippen molar-refractivity contribution >= 4 is 18.0 Å². The van der Waals surface area contributed by atoms with Crippen molar-refractivity contribution in [3.05, 3.63) is 101 Å². The Morgan fingerprint density at radius 3 is 1.61 bits per heavy atom. The largest absolute Gasteiger partial charge is 0.508 e. The minimum atomic E-state index is -1.48. The summed E-state index contributed by atoms with van der Waals surface area (Å²) >= 11 is 0. The first kappa shape index (κ1) is 35.8. The number of methoxy groups -OCH3 is 4. The summed E-state index contributed by atoms with van der Waals surface area (Å²) in [6.07, 6.45) is 0.519. The standard InChI is InChI=1S/C36H36O13/c1-43-27-18-24(19-28(44-2)33(27)40)32(39)31(20-48-36(42)23-9-13-26(38)14-10-23)49-34-29(45-3)16-21(17-30(34)46-4)6-5-15-47-35(41)22-7-11-25(37)12-8-22/h5-14,16-19,31-32,37-40H,15,20H2,1-4H3. The smallest absolute Gasteiger partial charge is 0.338 e. The second-order valence-electron chi connectivity index (χ2n) is 10.3. The molecule has 0 radical (unpaired) electrons. The number of rotatable bonds is 15. The van der Waals surface area contributed by atoms with Crippen molar-refractivity contribution in [3.63, 3.8) is 0 Å². The molecule has 4 rings (SSSR count). The lowest BCUT2D eigenvalue weighted by molar-refractivity contribution is -0.0176. The predicted octanol–water partition coefficient (Wildman–Crippen LogP) is 5.05. The minimum absolute atomic E-state index is 0.0216. The minimum Gasteiger partial charge on any atom is -0.508 e. The number of aliphatic hydroxyl groups excluding tert-OH is 1. The van der Waals surface area contributed by atoms with Crippen LogP contribution in [0.25, 0.3) is 6.08 Å². The molecule has 4 aromatic carbocycles. The molecule has 0 saturated heterocycles. The van der Waals surface area contributed by atoms with Crippen molar-refractivity contribution in [1.82, 2.24) is 0 Å². The third-order valence-corrected chi connectivity index (χ3v) is 7.15. The molecule has 0 aliphatic carbocycles. The average Bonchev–Trinajstić information content (AvgIpc) is 3.12. The van der Waals surface area contributed by atoms with E-state index in [2.05, 4.69) is 0 Å². The number of phenols is 3. The fourth-order valence-corrected chi connectivity index (χ4v) is 4.58. The van der Waals surface area contributed by atoms with Crippen LogP contribution >= 0.6 is 0 Å². The highest BCUT2D eigenvalue weighted by Crippen LogP contribution is 2.43. The molecule has 0 bridgehead atoms. The molecule has 13 heteroatoms. The lowest BCUT2D eigenvalue weighted by Crippen LogP contribution is -2.32. The van der Waals surface area contributed by atoms with Gasteiger partial charge in [-0.15, -0.1) is 0 Å². The Morgan fingerprint density at radius 1 is 0.673 bits per heavy atom. The van der Waals surface area contributed by atoms with Crippen LogP contribution in [0.1, 0.15) is 37.9 Å². The van der Waals surface area contributed by atoms with E-state index in [1.807, 2.05) is 0 Å². The maximum absolute atomic E-state index is 12.9. The molecule has 4 N–H and O–H groups in total. The van der Waals surface area contributed by atoms with Crippen molar-refractivity contribution < 1.29 is 63.2 Å². The Hall–Kier alpha value is -6.08. The monoisotopic (exact) mass is 676 g/mol. The van der Waals surface area contributed by atoms with Gasteiger partial charge in [-0.2, -0.15) is 0 Å². The van der Waals surface area contributed by atoms with Gasteiger partial charge in [-0.1, -0.05) is 6.08 Å². The van der Waals surface area contributed by atoms with Gasteiger partial charge in [-0.25, -0.2) is 9.59 Å². The summed E-state index contributed by atoms with van der Waals surface area (Å²) in [5.74, 6) is -1.08. The number of aromatic hydroxyl groups is 3. The predicted molar refractivity (Wildman–Crippen MR) is 176 cm³/mol. The highest BCUT2D eigenvalue weighted by atomic mass is 16.6. The SMILES string of the molecule is COc1cc(C(O)C(COC(=O)c2ccc(O)cc2)Oc2c(OC)cc(C=CCOC(=O)c3ccc(O)cc3)cc2OC)cc(OC)c1O. The molecule has 0 aliphatic rings. The van der Waals surface area contributed by atoms with E-state index in [1.54, 1.807) is 24.3 Å². The maximum Gasteiger partial charge on any atom is 0.338 e. The van der Waals surface area contributed by atoms with Gasteiger partial charge in [0.15, 0.2) is 29.1 Å². The first-order chi connectivity index (χ1) is 23.6. The molecule has 13 nitrogen and oxygen atoms in total. The number of carbonyl (C=O) groups is 2. The van der Waals surface area contributed by atoms with E-state index in [4.69, 9.17) is 33.2 Å². The zero-order valence-corrected chi connectivity index (χ0v) is 27.1. The molecule has 0 aliphatic heterocycles. The number of ether oxygens (including phenoxy) is 7. The summed E-state index contributed by atoms with van der Waals surface area (Å²) in [6, 6.07) is 17.1. The summed E-state index contributed by atoms with van der Waals surface area (Å²) in [7, 11) is 5.48. The molecule has 4 aromatic rings. The molecular formula is C36H36O13. The topological polar surface area (TPSA) is 180 Å². The molecule has 0 saturated carbocycles. The molecule has 0 amide bonds. The number of carbonyl (C=O) groups excluding carboxylic acids is 2. The number of hydrogen-bond donors (Lipinski definition) is 4. The normalized spacial score (nSPS) is 12.1. The fraction of sp³-hybridized carbons (Fsp3) is 0.222. The van der Waals surface area contributed by atoms with Gasteiger partial charge < -0.3 is 53.6 Å². The van der Waals surface area contributed by atoms with E-state index < -0.39 is 30.8 Å². The zero-order valence-electron chi connectivity index (χ0n) is 27.1. The summed E-state index contributed by atoms with van der Waals surface area (Å²) in [5.41, 5.74) is 1.23. The van der Waals surface area contributed by atoms with Gasteiger partial charge in [0.1, 0.15) is 30.8 Å². The number of aliphatic hydroxyl groups is 1. The fourth-order valence-electron chi connectivity index (χ4n) is 4.58. The van der Waals surface area contributed by atoms with E-state index in [-0.39, 0.29) is 69.3 Å². The van der Waals surface area contributed by atoms with Crippen LogP contribution in [-0.4, -0.2) is 80.1 Å². The molecule has 258 valence electrons. The Bertz CT molecular complexity index is 1720. The molecule has 2 unspecified atom stereocenters. The third-order valence-electron chi connectivity index (χ3n) is 7.15. The molecule has 0 spiro atoms. The van der Waals surface area contributed by atoms with Crippen LogP contribution in [0, 0.1) is 0 Å². The van der Waals surface area contributed by atoms with Crippen LogP contribution in [0.15, 0.2) is 78.9 Å². The molecule has 49 heavy (non-hydrogen) atoms. The van der Waals surface area contributed by atoms with Crippen molar-refractivity contribution in [2.75, 3.05) is 41.7 Å². The van der Waals surface area contributed by atoms with Gasteiger partial charge in [-0.3, -0.25) is 0 Å². The van der Waals surface area contributed by atoms with Crippen molar-refractivity contribution in [1.29, 1.82) is 0 Å². The second-order valence-corrected chi connectivity index (χ2v) is 10.3. The van der Waals surface area contributed by atoms with Gasteiger partial charge >= 0.3 is 11.9 Å². The van der Waals surface area contributed by atoms with Crippen LogP contribution in [-0.2, 0) is 9.47 Å². The Balaban J connectivity index is 1.60. The Kier molecular flexibility index (Phi) is 12.2. The number of benzene rings is 4. The Labute approximate surface area is 282 Å². The number of hydrogen-bond acceptors (Lipinski definition) is 13. The first-order valence-corrected chi connectivity index (χ1v) is 14.7. The van der Waals surface area contributed by atoms with Crippen molar-refractivity contribution in [3.8, 4) is 46.0 Å². The molecule has 2 atom stereocenters. The zero-order chi connectivity index (χ0) is 35.5. The van der Waals surface area contributed by atoms with Crippen molar-refractivity contribution in [2.45, 2.75) is 12.2 Å². The van der Waals surface area contributed by atoms with Crippen LogP contribution in [0.2, 0.25) is 0 Å². The van der Waals surface area contributed by atoms with E-state index in [9.17, 15) is 30.0 Å². The summed E-state index contributed by atoms with van der Waals surface area (Å²) in [5, 5.41) is 41.0. The molecule has 0 heterocycles. The van der Waals surface area contributed by atoms with E-state index in [0.29, 0.717) is 5.56 Å². The van der Waals surface area contributed by atoms with E-state index in [0.717, 1.165) is 0 Å². The number of phenolic OH excluding ortho intramolecular Hbond substituents is 3. The highest BCUT2D eigenvalue weighted by molar-refractivity contribution is 5.90. The summed E-state index contributed by atoms with van der Waals surface area (Å²) < 4.78 is 38.7. The van der Waals surface area contributed by atoms with E-state index >= 15 is 0 Å². The van der Waals surface area contributed by atoms with Crippen LogP contribution in [0.3, 0.4) is 0 Å². The Morgan fingerprint density at radius 2 is 1.14 bits per heavy atom. The van der Waals surface area contributed by atoms with Gasteiger partial charge in [0.25, 0.3) is 0 Å². The van der Waals surface area contributed by atoms with E-state index in [1.165, 1.54) is 89.1 Å². The van der Waals surface area contributed by atoms with Gasteiger partial charge in [0.2, 0.25) is 11.5 Å². The second kappa shape index (κ2) is 16.7. The molecule has 0 aromatic heterocycles. The molecular weight excluding hydrogens is 640 g/mol.